The van der Waals surface area contributed by atoms with Crippen LogP contribution in [0.4, 0.5) is 8.78 Å². The number of hydrogen-bond donors (Lipinski definition) is 2. The highest BCUT2D eigenvalue weighted by Gasteiger charge is 2.11. The number of alkyl halides is 2. The molecule has 0 amide bonds. The van der Waals surface area contributed by atoms with Gasteiger partial charge in [-0.3, -0.25) is 4.90 Å². The van der Waals surface area contributed by atoms with E-state index < -0.39 is 6.61 Å². The van der Waals surface area contributed by atoms with Gasteiger partial charge in [0.2, 0.25) is 0 Å². The summed E-state index contributed by atoms with van der Waals surface area (Å²) in [5.41, 5.74) is 0.503. The molecule has 0 radical (unpaired) electrons. The maximum Gasteiger partial charge on any atom is 0.387 e. The Bertz CT molecular complexity index is 584. The number of halogens is 3. The SMILES string of the molecule is CCNC(=NCc1cc(Cl)ccc1OC(F)F)NCCN1CCOCC1. The van der Waals surface area contributed by atoms with Crippen molar-refractivity contribution in [3.8, 4) is 5.75 Å². The second-order valence-electron chi connectivity index (χ2n) is 5.71. The van der Waals surface area contributed by atoms with Gasteiger partial charge < -0.3 is 20.1 Å². The van der Waals surface area contributed by atoms with E-state index in [4.69, 9.17) is 16.3 Å². The molecule has 1 fully saturated rings. The third kappa shape index (κ3) is 7.31. The fourth-order valence-corrected chi connectivity index (χ4v) is 2.74. The van der Waals surface area contributed by atoms with Gasteiger partial charge in [0.15, 0.2) is 5.96 Å². The van der Waals surface area contributed by atoms with Crippen LogP contribution in [0, 0.1) is 0 Å². The zero-order valence-electron chi connectivity index (χ0n) is 14.8. The number of benzene rings is 1. The van der Waals surface area contributed by atoms with Gasteiger partial charge >= 0.3 is 6.61 Å². The highest BCUT2D eigenvalue weighted by molar-refractivity contribution is 6.30. The number of nitrogens with one attached hydrogen (secondary N) is 2. The molecule has 0 atom stereocenters. The van der Waals surface area contributed by atoms with Crippen molar-refractivity contribution < 1.29 is 18.3 Å². The van der Waals surface area contributed by atoms with Crippen molar-refractivity contribution in [2.45, 2.75) is 20.1 Å². The average molecular weight is 391 g/mol. The minimum Gasteiger partial charge on any atom is -0.434 e. The van der Waals surface area contributed by atoms with Crippen LogP contribution in [0.5, 0.6) is 5.75 Å². The van der Waals surface area contributed by atoms with Crippen LogP contribution in [-0.4, -0.2) is 63.4 Å². The molecule has 146 valence electrons. The molecular weight excluding hydrogens is 366 g/mol. The summed E-state index contributed by atoms with van der Waals surface area (Å²) in [6, 6.07) is 4.52. The van der Waals surface area contributed by atoms with Crippen molar-refractivity contribution >= 4 is 17.6 Å². The van der Waals surface area contributed by atoms with Crippen LogP contribution in [0.2, 0.25) is 5.02 Å². The summed E-state index contributed by atoms with van der Waals surface area (Å²) in [7, 11) is 0. The monoisotopic (exact) mass is 390 g/mol. The first-order valence-electron chi connectivity index (χ1n) is 8.64. The molecule has 26 heavy (non-hydrogen) atoms. The Morgan fingerprint density at radius 1 is 1.35 bits per heavy atom. The summed E-state index contributed by atoms with van der Waals surface area (Å²) in [6.45, 7) is 4.91. The molecule has 1 aliphatic heterocycles. The number of hydrogen-bond acceptors (Lipinski definition) is 4. The van der Waals surface area contributed by atoms with E-state index in [9.17, 15) is 8.78 Å². The van der Waals surface area contributed by atoms with Crippen LogP contribution >= 0.6 is 11.6 Å². The van der Waals surface area contributed by atoms with Crippen LogP contribution in [0.3, 0.4) is 0 Å². The zero-order valence-corrected chi connectivity index (χ0v) is 15.6. The van der Waals surface area contributed by atoms with E-state index in [1.165, 1.54) is 12.1 Å². The number of nitrogens with zero attached hydrogens (tertiary/aromatic N) is 2. The maximum absolute atomic E-state index is 12.5. The lowest BCUT2D eigenvalue weighted by Crippen LogP contribution is -2.44. The molecule has 1 aliphatic rings. The van der Waals surface area contributed by atoms with Gasteiger partial charge in [0.25, 0.3) is 0 Å². The Morgan fingerprint density at radius 3 is 2.81 bits per heavy atom. The lowest BCUT2D eigenvalue weighted by Gasteiger charge is -2.26. The van der Waals surface area contributed by atoms with E-state index in [0.29, 0.717) is 23.1 Å². The summed E-state index contributed by atoms with van der Waals surface area (Å²) in [4.78, 5) is 6.75. The highest BCUT2D eigenvalue weighted by atomic mass is 35.5. The Morgan fingerprint density at radius 2 is 2.12 bits per heavy atom. The molecule has 1 aromatic rings. The second kappa shape index (κ2) is 11.2. The lowest BCUT2D eigenvalue weighted by molar-refractivity contribution is -0.0504. The van der Waals surface area contributed by atoms with E-state index >= 15 is 0 Å². The molecule has 6 nitrogen and oxygen atoms in total. The number of aliphatic imine (C=N–C) groups is 1. The third-order valence-corrected chi connectivity index (χ3v) is 4.05. The highest BCUT2D eigenvalue weighted by Crippen LogP contribution is 2.25. The molecule has 0 bridgehead atoms. The van der Waals surface area contributed by atoms with E-state index in [2.05, 4.69) is 25.3 Å². The predicted molar refractivity (Wildman–Crippen MR) is 98.2 cm³/mol. The minimum atomic E-state index is -2.89. The van der Waals surface area contributed by atoms with Gasteiger partial charge in [-0.2, -0.15) is 8.78 Å². The summed E-state index contributed by atoms with van der Waals surface area (Å²) in [5, 5.41) is 6.83. The molecule has 2 N–H and O–H groups in total. The first kappa shape index (κ1) is 20.7. The first-order valence-corrected chi connectivity index (χ1v) is 9.01. The van der Waals surface area contributed by atoms with E-state index in [1.54, 1.807) is 6.07 Å². The molecule has 0 saturated carbocycles. The van der Waals surface area contributed by atoms with E-state index in [-0.39, 0.29) is 12.3 Å². The fraction of sp³-hybridized carbons (Fsp3) is 0.588. The quantitative estimate of drug-likeness (QED) is 0.527. The molecule has 0 aromatic heterocycles. The molecule has 1 heterocycles. The zero-order chi connectivity index (χ0) is 18.8. The third-order valence-electron chi connectivity index (χ3n) is 3.81. The topological polar surface area (TPSA) is 58.1 Å². The van der Waals surface area contributed by atoms with Crippen molar-refractivity contribution in [1.29, 1.82) is 0 Å². The largest absolute Gasteiger partial charge is 0.434 e. The molecule has 0 unspecified atom stereocenters. The van der Waals surface area contributed by atoms with Gasteiger partial charge in [-0.25, -0.2) is 4.99 Å². The smallest absolute Gasteiger partial charge is 0.387 e. The molecule has 0 spiro atoms. The minimum absolute atomic E-state index is 0.0808. The Labute approximate surface area is 157 Å². The van der Waals surface area contributed by atoms with Gasteiger partial charge in [-0.05, 0) is 25.1 Å². The molecule has 2 rings (SSSR count). The summed E-state index contributed by atoms with van der Waals surface area (Å²) in [5.74, 6) is 0.695. The number of guanidine groups is 1. The van der Waals surface area contributed by atoms with Crippen molar-refractivity contribution in [1.82, 2.24) is 15.5 Å². The van der Waals surface area contributed by atoms with Crippen LogP contribution in [-0.2, 0) is 11.3 Å². The average Bonchev–Trinajstić information content (AvgIpc) is 2.62. The van der Waals surface area contributed by atoms with Crippen molar-refractivity contribution in [2.24, 2.45) is 4.99 Å². The standard InChI is InChI=1S/C17H25ClF2N4O2/c1-2-21-17(22-5-6-24-7-9-25-10-8-24)23-12-13-11-14(18)3-4-15(13)26-16(19)20/h3-4,11,16H,2,5-10,12H2,1H3,(H2,21,22,23). The molecule has 1 saturated heterocycles. The predicted octanol–water partition coefficient (Wildman–Crippen LogP) is 2.33. The van der Waals surface area contributed by atoms with Gasteiger partial charge in [0, 0.05) is 43.3 Å². The molecule has 9 heteroatoms. The van der Waals surface area contributed by atoms with Gasteiger partial charge in [0.1, 0.15) is 5.75 Å². The van der Waals surface area contributed by atoms with E-state index in [1.807, 2.05) is 6.92 Å². The fourth-order valence-electron chi connectivity index (χ4n) is 2.55. The number of morpholine rings is 1. The molecule has 1 aromatic carbocycles. The van der Waals surface area contributed by atoms with Crippen LogP contribution < -0.4 is 15.4 Å². The number of rotatable bonds is 8. The Balaban J connectivity index is 1.93. The van der Waals surface area contributed by atoms with Gasteiger partial charge in [-0.15, -0.1) is 0 Å². The summed E-state index contributed by atoms with van der Waals surface area (Å²) in [6.07, 6.45) is 0. The summed E-state index contributed by atoms with van der Waals surface area (Å²) < 4.78 is 34.9. The Hall–Kier alpha value is -1.64. The van der Waals surface area contributed by atoms with Crippen LogP contribution in [0.1, 0.15) is 12.5 Å². The number of ether oxygens (including phenoxy) is 2. The van der Waals surface area contributed by atoms with Gasteiger partial charge in [0.05, 0.1) is 19.8 Å². The second-order valence-corrected chi connectivity index (χ2v) is 6.14. The van der Waals surface area contributed by atoms with E-state index in [0.717, 1.165) is 39.4 Å². The van der Waals surface area contributed by atoms with Crippen LogP contribution in [0.15, 0.2) is 23.2 Å². The molecular formula is C17H25ClF2N4O2. The normalized spacial score (nSPS) is 16.0. The molecule has 0 aliphatic carbocycles. The first-order chi connectivity index (χ1) is 12.6. The van der Waals surface area contributed by atoms with Crippen LogP contribution in [0.25, 0.3) is 0 Å². The summed E-state index contributed by atoms with van der Waals surface area (Å²) >= 11 is 5.96. The van der Waals surface area contributed by atoms with Crippen molar-refractivity contribution in [3.05, 3.63) is 28.8 Å². The van der Waals surface area contributed by atoms with Crippen molar-refractivity contribution in [3.63, 3.8) is 0 Å². The van der Waals surface area contributed by atoms with Gasteiger partial charge in [-0.1, -0.05) is 11.6 Å². The lowest BCUT2D eigenvalue weighted by atomic mass is 10.2. The maximum atomic E-state index is 12.5. The van der Waals surface area contributed by atoms with Crippen molar-refractivity contribution in [2.75, 3.05) is 45.9 Å². The Kier molecular flexibility index (Phi) is 8.87.